The summed E-state index contributed by atoms with van der Waals surface area (Å²) >= 11 is 1.75. The van der Waals surface area contributed by atoms with Crippen molar-refractivity contribution >= 4 is 27.5 Å². The lowest BCUT2D eigenvalue weighted by atomic mass is 10.2. The highest BCUT2D eigenvalue weighted by Crippen LogP contribution is 2.06. The molecule has 7 heteroatoms. The minimum atomic E-state index is -2.97. The molecule has 1 fully saturated rings. The first-order chi connectivity index (χ1) is 8.43. The zero-order valence-electron chi connectivity index (χ0n) is 10.9. The van der Waals surface area contributed by atoms with Crippen LogP contribution in [-0.4, -0.2) is 56.5 Å². The van der Waals surface area contributed by atoms with Crippen molar-refractivity contribution < 1.29 is 13.2 Å². The number of hydrogen-bond donors (Lipinski definition) is 2. The van der Waals surface area contributed by atoms with E-state index in [4.69, 9.17) is 0 Å². The van der Waals surface area contributed by atoms with Crippen molar-refractivity contribution in [2.45, 2.75) is 31.8 Å². The smallest absolute Gasteiger partial charge is 0.221 e. The third-order valence-corrected chi connectivity index (χ3v) is 5.28. The van der Waals surface area contributed by atoms with Crippen molar-refractivity contribution in [3.63, 3.8) is 0 Å². The Morgan fingerprint density at radius 3 is 2.89 bits per heavy atom. The van der Waals surface area contributed by atoms with E-state index in [0.717, 1.165) is 12.2 Å². The van der Waals surface area contributed by atoms with Gasteiger partial charge < -0.3 is 10.6 Å². The summed E-state index contributed by atoms with van der Waals surface area (Å²) in [6.45, 7) is 2.42. The Morgan fingerprint density at radius 2 is 2.28 bits per heavy atom. The average Bonchev–Trinajstić information content (AvgIpc) is 2.24. The number of rotatable bonds is 6. The number of amides is 1. The first kappa shape index (κ1) is 15.8. The van der Waals surface area contributed by atoms with Gasteiger partial charge >= 0.3 is 0 Å². The molecule has 1 heterocycles. The van der Waals surface area contributed by atoms with Crippen LogP contribution >= 0.6 is 11.8 Å². The second-order valence-corrected chi connectivity index (χ2v) is 7.93. The fraction of sp³-hybridized carbons (Fsp3) is 0.909. The predicted octanol–water partition coefficient (Wildman–Crippen LogP) is 0.0209. The number of thioether (sulfide) groups is 1. The number of hydrogen-bond acceptors (Lipinski definition) is 5. The molecule has 0 bridgehead atoms. The van der Waals surface area contributed by atoms with E-state index in [1.54, 1.807) is 11.8 Å². The molecule has 2 N–H and O–H groups in total. The molecule has 0 aromatic carbocycles. The standard InChI is InChI=1S/C11H22N2O3S2/c1-9(3-5-17-2)13-11(14)7-10-8-18(15,16)6-4-12-10/h9-10,12H,3-8H2,1-2H3,(H,13,14). The van der Waals surface area contributed by atoms with Crippen molar-refractivity contribution in [3.05, 3.63) is 0 Å². The Morgan fingerprint density at radius 1 is 1.56 bits per heavy atom. The van der Waals surface area contributed by atoms with Gasteiger partial charge in [0.25, 0.3) is 0 Å². The summed E-state index contributed by atoms with van der Waals surface area (Å²) in [7, 11) is -2.97. The summed E-state index contributed by atoms with van der Waals surface area (Å²) in [4.78, 5) is 11.7. The maximum Gasteiger partial charge on any atom is 0.221 e. The molecule has 1 saturated heterocycles. The van der Waals surface area contributed by atoms with Crippen LogP contribution < -0.4 is 10.6 Å². The molecule has 1 amide bonds. The van der Waals surface area contributed by atoms with Crippen LogP contribution in [0.3, 0.4) is 0 Å². The van der Waals surface area contributed by atoms with Crippen LogP contribution in [0.25, 0.3) is 0 Å². The third-order valence-electron chi connectivity index (χ3n) is 2.90. The number of carbonyl (C=O) groups is 1. The largest absolute Gasteiger partial charge is 0.354 e. The third kappa shape index (κ3) is 6.06. The Kier molecular flexibility index (Phi) is 6.45. The van der Waals surface area contributed by atoms with E-state index < -0.39 is 9.84 Å². The molecule has 1 aliphatic rings. The molecule has 5 nitrogen and oxygen atoms in total. The Bertz CT molecular complexity index is 370. The normalized spacial score (nSPS) is 24.4. The summed E-state index contributed by atoms with van der Waals surface area (Å²) in [5.74, 6) is 1.19. The van der Waals surface area contributed by atoms with Gasteiger partial charge in [0, 0.05) is 25.0 Å². The van der Waals surface area contributed by atoms with Crippen molar-refractivity contribution in [3.8, 4) is 0 Å². The lowest BCUT2D eigenvalue weighted by molar-refractivity contribution is -0.122. The monoisotopic (exact) mass is 294 g/mol. The lowest BCUT2D eigenvalue weighted by Crippen LogP contribution is -2.48. The molecular formula is C11H22N2O3S2. The minimum absolute atomic E-state index is 0.0691. The molecule has 0 saturated carbocycles. The molecule has 0 aromatic heterocycles. The van der Waals surface area contributed by atoms with Crippen molar-refractivity contribution in [1.29, 1.82) is 0 Å². The second kappa shape index (κ2) is 7.35. The first-order valence-electron chi connectivity index (χ1n) is 6.15. The number of carbonyl (C=O) groups excluding carboxylic acids is 1. The zero-order valence-corrected chi connectivity index (χ0v) is 12.6. The van der Waals surface area contributed by atoms with Crippen LogP contribution in [0.15, 0.2) is 0 Å². The van der Waals surface area contributed by atoms with E-state index >= 15 is 0 Å². The van der Waals surface area contributed by atoms with Crippen molar-refractivity contribution in [2.24, 2.45) is 0 Å². The van der Waals surface area contributed by atoms with Crippen molar-refractivity contribution in [2.75, 3.05) is 30.1 Å². The highest BCUT2D eigenvalue weighted by molar-refractivity contribution is 7.98. The van der Waals surface area contributed by atoms with E-state index in [2.05, 4.69) is 10.6 Å². The van der Waals surface area contributed by atoms with Crippen LogP contribution in [0.4, 0.5) is 0 Å². The fourth-order valence-corrected chi connectivity index (χ4v) is 3.96. The van der Waals surface area contributed by atoms with Gasteiger partial charge in [0.05, 0.1) is 11.5 Å². The predicted molar refractivity (Wildman–Crippen MR) is 75.7 cm³/mol. The highest BCUT2D eigenvalue weighted by atomic mass is 32.2. The summed E-state index contributed by atoms with van der Waals surface area (Å²) in [5, 5.41) is 5.98. The SMILES string of the molecule is CSCCC(C)NC(=O)CC1CS(=O)(=O)CCN1. The maximum absolute atomic E-state index is 11.7. The quantitative estimate of drug-likeness (QED) is 0.722. The molecule has 0 aromatic rings. The Labute approximate surface area is 113 Å². The number of sulfone groups is 1. The molecule has 2 unspecified atom stereocenters. The van der Waals surface area contributed by atoms with Gasteiger partial charge in [-0.1, -0.05) is 0 Å². The van der Waals surface area contributed by atoms with Crippen LogP contribution in [0.5, 0.6) is 0 Å². The van der Waals surface area contributed by atoms with Gasteiger partial charge in [0.2, 0.25) is 5.91 Å². The first-order valence-corrected chi connectivity index (χ1v) is 9.36. The molecule has 18 heavy (non-hydrogen) atoms. The molecule has 2 atom stereocenters. The second-order valence-electron chi connectivity index (χ2n) is 4.72. The van der Waals surface area contributed by atoms with Crippen molar-refractivity contribution in [1.82, 2.24) is 10.6 Å². The molecule has 106 valence electrons. The van der Waals surface area contributed by atoms with Crippen LogP contribution in [0, 0.1) is 0 Å². The van der Waals surface area contributed by atoms with E-state index in [1.165, 1.54) is 0 Å². The van der Waals surface area contributed by atoms with E-state index in [1.807, 2.05) is 13.2 Å². The summed E-state index contributed by atoms with van der Waals surface area (Å²) in [5.41, 5.74) is 0. The average molecular weight is 294 g/mol. The molecule has 0 spiro atoms. The Hall–Kier alpha value is -0.270. The van der Waals surface area contributed by atoms with Gasteiger partial charge in [-0.25, -0.2) is 8.42 Å². The minimum Gasteiger partial charge on any atom is -0.354 e. The molecule has 0 aliphatic carbocycles. The topological polar surface area (TPSA) is 75.3 Å². The lowest BCUT2D eigenvalue weighted by Gasteiger charge is -2.24. The summed E-state index contributed by atoms with van der Waals surface area (Å²) < 4.78 is 22.9. The van der Waals surface area contributed by atoms with Gasteiger partial charge in [-0.05, 0) is 25.4 Å². The van der Waals surface area contributed by atoms with Crippen LogP contribution in [0.1, 0.15) is 19.8 Å². The van der Waals surface area contributed by atoms with Gasteiger partial charge in [0.1, 0.15) is 0 Å². The van der Waals surface area contributed by atoms with Gasteiger partial charge in [-0.2, -0.15) is 11.8 Å². The summed E-state index contributed by atoms with van der Waals surface area (Å²) in [6, 6.07) is -0.0957. The van der Waals surface area contributed by atoms with E-state index in [9.17, 15) is 13.2 Å². The van der Waals surface area contributed by atoms with Gasteiger partial charge in [-0.15, -0.1) is 0 Å². The maximum atomic E-state index is 11.7. The fourth-order valence-electron chi connectivity index (χ4n) is 1.92. The Balaban J connectivity index is 2.31. The van der Waals surface area contributed by atoms with Crippen LogP contribution in [0.2, 0.25) is 0 Å². The molecule has 0 radical (unpaired) electrons. The van der Waals surface area contributed by atoms with E-state index in [0.29, 0.717) is 6.54 Å². The van der Waals surface area contributed by atoms with Gasteiger partial charge in [-0.3, -0.25) is 4.79 Å². The van der Waals surface area contributed by atoms with Gasteiger partial charge in [0.15, 0.2) is 9.84 Å². The highest BCUT2D eigenvalue weighted by Gasteiger charge is 2.26. The molecule has 1 aliphatic heterocycles. The zero-order chi connectivity index (χ0) is 13.6. The van der Waals surface area contributed by atoms with E-state index in [-0.39, 0.29) is 35.9 Å². The number of nitrogens with one attached hydrogen (secondary N) is 2. The summed E-state index contributed by atoms with van der Waals surface area (Å²) in [6.07, 6.45) is 3.21. The van der Waals surface area contributed by atoms with Crippen LogP contribution in [-0.2, 0) is 14.6 Å². The molecular weight excluding hydrogens is 272 g/mol. The molecule has 1 rings (SSSR count).